The molecule has 1 unspecified atom stereocenters. The van der Waals surface area contributed by atoms with E-state index < -0.39 is 0 Å². The Bertz CT molecular complexity index is 457. The average Bonchev–Trinajstić information content (AvgIpc) is 2.42. The molecule has 19 heavy (non-hydrogen) atoms. The second-order valence-corrected chi connectivity index (χ2v) is 5.21. The van der Waals surface area contributed by atoms with Crippen molar-refractivity contribution in [1.82, 2.24) is 4.90 Å². The SMILES string of the molecule is CCCC1CCCCN1C(=O)c1ccc(N)c(O)c1. The topological polar surface area (TPSA) is 66.6 Å². The summed E-state index contributed by atoms with van der Waals surface area (Å²) in [6.45, 7) is 2.96. The zero-order chi connectivity index (χ0) is 13.8. The van der Waals surface area contributed by atoms with Crippen molar-refractivity contribution < 1.29 is 9.90 Å². The van der Waals surface area contributed by atoms with E-state index in [-0.39, 0.29) is 11.7 Å². The molecule has 4 heteroatoms. The van der Waals surface area contributed by atoms with Gasteiger partial charge in [0.2, 0.25) is 0 Å². The fourth-order valence-electron chi connectivity index (χ4n) is 2.74. The number of nitrogen functional groups attached to an aromatic ring is 1. The van der Waals surface area contributed by atoms with Crippen molar-refractivity contribution in [3.63, 3.8) is 0 Å². The largest absolute Gasteiger partial charge is 0.506 e. The molecule has 4 nitrogen and oxygen atoms in total. The smallest absolute Gasteiger partial charge is 0.254 e. The van der Waals surface area contributed by atoms with Crippen molar-refractivity contribution in [2.24, 2.45) is 0 Å². The number of benzene rings is 1. The van der Waals surface area contributed by atoms with Crippen LogP contribution in [0.5, 0.6) is 5.75 Å². The van der Waals surface area contributed by atoms with E-state index >= 15 is 0 Å². The minimum atomic E-state index is -0.0186. The molecular formula is C15H22N2O2. The van der Waals surface area contributed by atoms with Crippen molar-refractivity contribution in [3.05, 3.63) is 23.8 Å². The van der Waals surface area contributed by atoms with E-state index in [2.05, 4.69) is 6.92 Å². The third-order valence-corrected chi connectivity index (χ3v) is 3.79. The quantitative estimate of drug-likeness (QED) is 0.650. The van der Waals surface area contributed by atoms with Crippen LogP contribution in [0, 0.1) is 0 Å². The molecule has 1 fully saturated rings. The van der Waals surface area contributed by atoms with Gasteiger partial charge in [0.05, 0.1) is 5.69 Å². The van der Waals surface area contributed by atoms with Crippen LogP contribution < -0.4 is 5.73 Å². The highest BCUT2D eigenvalue weighted by Gasteiger charge is 2.26. The Kier molecular flexibility index (Phi) is 4.30. The predicted molar refractivity (Wildman–Crippen MR) is 76.1 cm³/mol. The fraction of sp³-hybridized carbons (Fsp3) is 0.533. The number of carbonyl (C=O) groups is 1. The Morgan fingerprint density at radius 2 is 2.26 bits per heavy atom. The molecule has 3 N–H and O–H groups in total. The number of hydrogen-bond acceptors (Lipinski definition) is 3. The summed E-state index contributed by atoms with van der Waals surface area (Å²) in [4.78, 5) is 14.5. The molecule has 2 rings (SSSR count). The van der Waals surface area contributed by atoms with Crippen LogP contribution in [-0.2, 0) is 0 Å². The molecule has 0 saturated carbocycles. The second kappa shape index (κ2) is 5.95. The average molecular weight is 262 g/mol. The van der Waals surface area contributed by atoms with Crippen molar-refractivity contribution in [1.29, 1.82) is 0 Å². The highest BCUT2D eigenvalue weighted by Crippen LogP contribution is 2.26. The molecule has 1 heterocycles. The van der Waals surface area contributed by atoms with E-state index in [1.807, 2.05) is 4.90 Å². The predicted octanol–water partition coefficient (Wildman–Crippen LogP) is 2.77. The minimum absolute atomic E-state index is 0.00782. The Morgan fingerprint density at radius 3 is 2.95 bits per heavy atom. The van der Waals surface area contributed by atoms with Crippen LogP contribution in [0.3, 0.4) is 0 Å². The normalized spacial score (nSPS) is 19.4. The number of carbonyl (C=O) groups excluding carboxylic acids is 1. The third kappa shape index (κ3) is 3.00. The highest BCUT2D eigenvalue weighted by molar-refractivity contribution is 5.95. The van der Waals surface area contributed by atoms with Crippen molar-refractivity contribution in [2.75, 3.05) is 12.3 Å². The molecule has 0 bridgehead atoms. The van der Waals surface area contributed by atoms with Crippen molar-refractivity contribution >= 4 is 11.6 Å². The van der Waals surface area contributed by atoms with Crippen LogP contribution in [0.4, 0.5) is 5.69 Å². The fourth-order valence-corrected chi connectivity index (χ4v) is 2.74. The number of nitrogens with zero attached hydrogens (tertiary/aromatic N) is 1. The Hall–Kier alpha value is -1.71. The van der Waals surface area contributed by atoms with Gasteiger partial charge in [-0.15, -0.1) is 0 Å². The summed E-state index contributed by atoms with van der Waals surface area (Å²) in [5, 5.41) is 9.62. The molecule has 1 aromatic carbocycles. The van der Waals surface area contributed by atoms with E-state index in [9.17, 15) is 9.90 Å². The van der Waals surface area contributed by atoms with E-state index in [0.717, 1.165) is 32.2 Å². The number of amides is 1. The van der Waals surface area contributed by atoms with Crippen molar-refractivity contribution in [2.45, 2.75) is 45.1 Å². The van der Waals surface area contributed by atoms with Gasteiger partial charge in [0.25, 0.3) is 5.91 Å². The van der Waals surface area contributed by atoms with Crippen LogP contribution in [0.15, 0.2) is 18.2 Å². The van der Waals surface area contributed by atoms with Crippen LogP contribution in [0.2, 0.25) is 0 Å². The lowest BCUT2D eigenvalue weighted by atomic mass is 9.97. The lowest BCUT2D eigenvalue weighted by molar-refractivity contribution is 0.0600. The maximum absolute atomic E-state index is 12.5. The number of phenols is 1. The van der Waals surface area contributed by atoms with E-state index in [1.54, 1.807) is 12.1 Å². The number of aromatic hydroxyl groups is 1. The maximum Gasteiger partial charge on any atom is 0.254 e. The molecular weight excluding hydrogens is 240 g/mol. The number of hydrogen-bond donors (Lipinski definition) is 2. The molecule has 1 aliphatic heterocycles. The van der Waals surface area contributed by atoms with Gasteiger partial charge >= 0.3 is 0 Å². The molecule has 1 amide bonds. The molecule has 0 spiro atoms. The first kappa shape index (κ1) is 13.7. The van der Waals surface area contributed by atoms with Gasteiger partial charge in [0, 0.05) is 18.2 Å². The number of phenolic OH excluding ortho intramolecular Hbond substituents is 1. The van der Waals surface area contributed by atoms with Crippen molar-refractivity contribution in [3.8, 4) is 5.75 Å². The van der Waals surface area contributed by atoms with Crippen LogP contribution in [-0.4, -0.2) is 28.5 Å². The van der Waals surface area contributed by atoms with Gasteiger partial charge in [-0.05, 0) is 43.9 Å². The molecule has 1 atom stereocenters. The lowest BCUT2D eigenvalue weighted by Gasteiger charge is -2.36. The van der Waals surface area contributed by atoms with Gasteiger partial charge in [-0.2, -0.15) is 0 Å². The zero-order valence-corrected chi connectivity index (χ0v) is 11.4. The molecule has 1 aromatic rings. The van der Waals surface area contributed by atoms with Crippen LogP contribution >= 0.6 is 0 Å². The highest BCUT2D eigenvalue weighted by atomic mass is 16.3. The van der Waals surface area contributed by atoms with Gasteiger partial charge in [0.1, 0.15) is 5.75 Å². The summed E-state index contributed by atoms with van der Waals surface area (Å²) in [6.07, 6.45) is 5.48. The standard InChI is InChI=1S/C15H22N2O2/c1-2-5-12-6-3-4-9-17(12)15(19)11-7-8-13(16)14(18)10-11/h7-8,10,12,18H,2-6,9,16H2,1H3. The number of anilines is 1. The van der Waals surface area contributed by atoms with Gasteiger partial charge in [-0.3, -0.25) is 4.79 Å². The zero-order valence-electron chi connectivity index (χ0n) is 11.4. The molecule has 0 aromatic heterocycles. The Balaban J connectivity index is 2.18. The maximum atomic E-state index is 12.5. The van der Waals surface area contributed by atoms with Gasteiger partial charge in [0.15, 0.2) is 0 Å². The second-order valence-electron chi connectivity index (χ2n) is 5.21. The van der Waals surface area contributed by atoms with E-state index in [1.165, 1.54) is 12.5 Å². The number of nitrogens with two attached hydrogens (primary N) is 1. The van der Waals surface area contributed by atoms with Crippen LogP contribution in [0.25, 0.3) is 0 Å². The summed E-state index contributed by atoms with van der Waals surface area (Å²) in [5.41, 5.74) is 6.40. The number of piperidine rings is 1. The Labute approximate surface area is 114 Å². The number of rotatable bonds is 3. The molecule has 0 radical (unpaired) electrons. The van der Waals surface area contributed by atoms with E-state index in [0.29, 0.717) is 17.3 Å². The minimum Gasteiger partial charge on any atom is -0.506 e. The van der Waals surface area contributed by atoms with Gasteiger partial charge in [-0.25, -0.2) is 0 Å². The first-order chi connectivity index (χ1) is 9.13. The summed E-state index contributed by atoms with van der Waals surface area (Å²) in [6, 6.07) is 5.08. The third-order valence-electron chi connectivity index (χ3n) is 3.79. The lowest BCUT2D eigenvalue weighted by Crippen LogP contribution is -2.43. The first-order valence-corrected chi connectivity index (χ1v) is 7.03. The van der Waals surface area contributed by atoms with E-state index in [4.69, 9.17) is 5.73 Å². The van der Waals surface area contributed by atoms with Gasteiger partial charge < -0.3 is 15.7 Å². The number of likely N-dealkylation sites (tertiary alicyclic amines) is 1. The molecule has 104 valence electrons. The molecule has 0 aliphatic carbocycles. The first-order valence-electron chi connectivity index (χ1n) is 7.03. The van der Waals surface area contributed by atoms with Crippen LogP contribution in [0.1, 0.15) is 49.4 Å². The summed E-state index contributed by atoms with van der Waals surface area (Å²) >= 11 is 0. The summed E-state index contributed by atoms with van der Waals surface area (Å²) in [7, 11) is 0. The summed E-state index contributed by atoms with van der Waals surface area (Å²) in [5.74, 6) is -0.0108. The summed E-state index contributed by atoms with van der Waals surface area (Å²) < 4.78 is 0. The molecule has 1 saturated heterocycles. The Morgan fingerprint density at radius 1 is 1.47 bits per heavy atom. The van der Waals surface area contributed by atoms with Gasteiger partial charge in [-0.1, -0.05) is 13.3 Å². The molecule has 1 aliphatic rings. The monoisotopic (exact) mass is 262 g/mol.